The molecule has 18 heavy (non-hydrogen) atoms. The molecular weight excluding hydrogens is 296 g/mol. The van der Waals surface area contributed by atoms with Crippen molar-refractivity contribution in [3.05, 3.63) is 47.0 Å². The van der Waals surface area contributed by atoms with E-state index in [-0.39, 0.29) is 6.61 Å². The van der Waals surface area contributed by atoms with Crippen molar-refractivity contribution in [2.24, 2.45) is 0 Å². The molecule has 2 rings (SSSR count). The second kappa shape index (κ2) is 6.02. The summed E-state index contributed by atoms with van der Waals surface area (Å²) in [6.07, 6.45) is 3.21. The molecule has 0 saturated heterocycles. The van der Waals surface area contributed by atoms with E-state index in [0.717, 1.165) is 16.0 Å². The van der Waals surface area contributed by atoms with Crippen LogP contribution in [-0.4, -0.2) is 22.8 Å². The maximum Gasteiger partial charge on any atom is 0.251 e. The number of H-pyrrole nitrogens is 1. The highest BCUT2D eigenvalue weighted by Gasteiger charge is 2.12. The third-order valence-electron chi connectivity index (χ3n) is 2.64. The summed E-state index contributed by atoms with van der Waals surface area (Å²) < 4.78 is 8.48. The highest BCUT2D eigenvalue weighted by Crippen LogP contribution is 2.16. The number of rotatable bonds is 5. The van der Waals surface area contributed by atoms with Crippen LogP contribution in [0, 0.1) is 6.92 Å². The predicted octanol–water partition coefficient (Wildman–Crippen LogP) is 1.81. The number of hydrogen-bond acceptors (Lipinski definition) is 2. The van der Waals surface area contributed by atoms with Crippen molar-refractivity contribution in [1.82, 2.24) is 4.98 Å². The number of benzene rings is 1. The second-order valence-electron chi connectivity index (χ2n) is 4.12. The minimum Gasteiger partial charge on any atom is -0.491 e. The molecular formula is C13H16BrN2O2+. The third-order valence-corrected chi connectivity index (χ3v) is 3.17. The van der Waals surface area contributed by atoms with Gasteiger partial charge >= 0.3 is 0 Å². The molecule has 2 aromatic rings. The molecule has 1 unspecified atom stereocenters. The Labute approximate surface area is 114 Å². The van der Waals surface area contributed by atoms with Crippen LogP contribution in [0.4, 0.5) is 0 Å². The molecule has 0 aliphatic rings. The van der Waals surface area contributed by atoms with Gasteiger partial charge in [0.25, 0.3) is 5.82 Å². The van der Waals surface area contributed by atoms with E-state index in [1.807, 2.05) is 48.1 Å². The third kappa shape index (κ3) is 3.58. The molecule has 2 N–H and O–H groups in total. The van der Waals surface area contributed by atoms with E-state index in [4.69, 9.17) is 4.74 Å². The summed E-state index contributed by atoms with van der Waals surface area (Å²) in [5.41, 5.74) is 0. The number of aromatic nitrogens is 2. The predicted molar refractivity (Wildman–Crippen MR) is 71.4 cm³/mol. The van der Waals surface area contributed by atoms with Gasteiger partial charge in [-0.2, -0.15) is 0 Å². The summed E-state index contributed by atoms with van der Waals surface area (Å²) >= 11 is 3.36. The number of nitrogens with zero attached hydrogens (tertiary/aromatic N) is 1. The normalized spacial score (nSPS) is 12.4. The Morgan fingerprint density at radius 1 is 1.39 bits per heavy atom. The van der Waals surface area contributed by atoms with Gasteiger partial charge in [0.1, 0.15) is 37.4 Å². The topological polar surface area (TPSA) is 49.1 Å². The highest BCUT2D eigenvalue weighted by atomic mass is 79.9. The average molecular weight is 312 g/mol. The van der Waals surface area contributed by atoms with E-state index in [1.165, 1.54) is 0 Å². The quantitative estimate of drug-likeness (QED) is 0.827. The number of aliphatic hydroxyl groups excluding tert-OH is 1. The summed E-state index contributed by atoms with van der Waals surface area (Å²) in [6, 6.07) is 7.55. The van der Waals surface area contributed by atoms with E-state index in [2.05, 4.69) is 20.9 Å². The Morgan fingerprint density at radius 2 is 2.11 bits per heavy atom. The van der Waals surface area contributed by atoms with Crippen LogP contribution >= 0.6 is 15.9 Å². The van der Waals surface area contributed by atoms with Crippen molar-refractivity contribution in [2.45, 2.75) is 19.6 Å². The Morgan fingerprint density at radius 3 is 2.72 bits per heavy atom. The van der Waals surface area contributed by atoms with Crippen molar-refractivity contribution in [2.75, 3.05) is 6.61 Å². The van der Waals surface area contributed by atoms with Gasteiger partial charge < -0.3 is 9.84 Å². The largest absolute Gasteiger partial charge is 0.491 e. The highest BCUT2D eigenvalue weighted by molar-refractivity contribution is 9.10. The number of hydrogen-bond donors (Lipinski definition) is 2. The zero-order valence-corrected chi connectivity index (χ0v) is 11.7. The summed E-state index contributed by atoms with van der Waals surface area (Å²) in [6.45, 7) is 2.76. The standard InChI is InChI=1S/C13H15BrN2O2/c1-10-15-6-7-16(10)8-12(17)9-18-13-4-2-11(14)3-5-13/h2-7,12,17H,8-9H2,1H3/p+1. The lowest BCUT2D eigenvalue weighted by atomic mass is 10.3. The fraction of sp³-hybridized carbons (Fsp3) is 0.308. The van der Waals surface area contributed by atoms with Gasteiger partial charge in [-0.3, -0.25) is 0 Å². The number of aliphatic hydroxyl groups is 1. The maximum absolute atomic E-state index is 9.89. The molecule has 0 saturated carbocycles. The lowest BCUT2D eigenvalue weighted by Gasteiger charge is -2.11. The first kappa shape index (κ1) is 13.1. The molecule has 0 radical (unpaired) electrons. The molecule has 1 heterocycles. The van der Waals surface area contributed by atoms with E-state index in [1.54, 1.807) is 0 Å². The van der Waals surface area contributed by atoms with Gasteiger partial charge in [0.2, 0.25) is 0 Å². The van der Waals surface area contributed by atoms with Crippen molar-refractivity contribution >= 4 is 15.9 Å². The minimum atomic E-state index is -0.534. The fourth-order valence-electron chi connectivity index (χ4n) is 1.64. The Balaban J connectivity index is 1.83. The SMILES string of the molecule is Cc1[nH]cc[n+]1CC(O)COc1ccc(Br)cc1. The van der Waals surface area contributed by atoms with Crippen LogP contribution in [0.1, 0.15) is 5.82 Å². The van der Waals surface area contributed by atoms with Gasteiger partial charge in [0.05, 0.1) is 0 Å². The molecule has 0 aliphatic heterocycles. The number of nitrogens with one attached hydrogen (secondary N) is 1. The van der Waals surface area contributed by atoms with Gasteiger partial charge in [0.15, 0.2) is 0 Å². The lowest BCUT2D eigenvalue weighted by molar-refractivity contribution is -0.708. The van der Waals surface area contributed by atoms with Crippen molar-refractivity contribution in [1.29, 1.82) is 0 Å². The van der Waals surface area contributed by atoms with Crippen LogP contribution in [0.25, 0.3) is 0 Å². The average Bonchev–Trinajstić information content (AvgIpc) is 2.74. The Bertz CT molecular complexity index is 496. The first-order chi connectivity index (χ1) is 8.65. The summed E-state index contributed by atoms with van der Waals surface area (Å²) in [5, 5.41) is 9.89. The number of ether oxygens (including phenoxy) is 1. The van der Waals surface area contributed by atoms with Crippen LogP contribution in [0.15, 0.2) is 41.1 Å². The second-order valence-corrected chi connectivity index (χ2v) is 5.03. The lowest BCUT2D eigenvalue weighted by Crippen LogP contribution is -2.42. The van der Waals surface area contributed by atoms with Crippen LogP contribution in [-0.2, 0) is 6.54 Å². The maximum atomic E-state index is 9.89. The van der Waals surface area contributed by atoms with E-state index < -0.39 is 6.10 Å². The summed E-state index contributed by atoms with van der Waals surface area (Å²) in [7, 11) is 0. The molecule has 96 valence electrons. The minimum absolute atomic E-state index is 0.277. The molecule has 0 bridgehead atoms. The first-order valence-electron chi connectivity index (χ1n) is 5.75. The van der Waals surface area contributed by atoms with E-state index in [9.17, 15) is 5.11 Å². The Kier molecular flexibility index (Phi) is 4.38. The van der Waals surface area contributed by atoms with Crippen LogP contribution < -0.4 is 9.30 Å². The molecule has 0 aliphatic carbocycles. The van der Waals surface area contributed by atoms with Crippen molar-refractivity contribution in [3.63, 3.8) is 0 Å². The monoisotopic (exact) mass is 311 g/mol. The summed E-state index contributed by atoms with van der Waals surface area (Å²) in [4.78, 5) is 3.06. The van der Waals surface area contributed by atoms with Crippen molar-refractivity contribution < 1.29 is 14.4 Å². The van der Waals surface area contributed by atoms with Crippen LogP contribution in [0.2, 0.25) is 0 Å². The molecule has 0 spiro atoms. The smallest absolute Gasteiger partial charge is 0.251 e. The van der Waals surface area contributed by atoms with Gasteiger partial charge in [-0.15, -0.1) is 0 Å². The van der Waals surface area contributed by atoms with E-state index >= 15 is 0 Å². The number of imidazole rings is 1. The first-order valence-corrected chi connectivity index (χ1v) is 6.54. The number of aryl methyl sites for hydroxylation is 1. The molecule has 1 aromatic heterocycles. The van der Waals surface area contributed by atoms with Gasteiger partial charge in [-0.05, 0) is 24.3 Å². The van der Waals surface area contributed by atoms with Crippen LogP contribution in [0.3, 0.4) is 0 Å². The fourth-order valence-corrected chi connectivity index (χ4v) is 1.91. The van der Waals surface area contributed by atoms with Gasteiger partial charge in [0, 0.05) is 11.4 Å². The molecule has 1 aromatic carbocycles. The van der Waals surface area contributed by atoms with E-state index in [0.29, 0.717) is 6.54 Å². The number of halogens is 1. The molecule has 1 atom stereocenters. The zero-order chi connectivity index (χ0) is 13.0. The molecule has 0 amide bonds. The Hall–Kier alpha value is -1.33. The molecule has 0 fully saturated rings. The summed E-state index contributed by atoms with van der Waals surface area (Å²) in [5.74, 6) is 1.77. The molecule has 5 heteroatoms. The van der Waals surface area contributed by atoms with Crippen LogP contribution in [0.5, 0.6) is 5.75 Å². The van der Waals surface area contributed by atoms with Crippen molar-refractivity contribution in [3.8, 4) is 5.75 Å². The number of aromatic amines is 1. The zero-order valence-electron chi connectivity index (χ0n) is 10.1. The van der Waals surface area contributed by atoms with Gasteiger partial charge in [-0.1, -0.05) is 15.9 Å². The van der Waals surface area contributed by atoms with Gasteiger partial charge in [-0.25, -0.2) is 9.55 Å². The molecule has 4 nitrogen and oxygen atoms in total.